The number of aromatic nitrogens is 4. The Bertz CT molecular complexity index is 1480. The number of aliphatic hydroxyl groups is 1. The fourth-order valence-corrected chi connectivity index (χ4v) is 9.79. The van der Waals surface area contributed by atoms with E-state index in [1.54, 1.807) is 0 Å². The normalized spacial score (nSPS) is 38.8. The Morgan fingerprint density at radius 1 is 1.14 bits per heavy atom. The van der Waals surface area contributed by atoms with E-state index in [2.05, 4.69) is 88.8 Å². The summed E-state index contributed by atoms with van der Waals surface area (Å²) >= 11 is 8.61. The monoisotopic (exact) mass is 711 g/mol. The zero-order valence-corrected chi connectivity index (χ0v) is 29.3. The van der Waals surface area contributed by atoms with Crippen LogP contribution < -0.4 is 21.2 Å². The van der Waals surface area contributed by atoms with Crippen LogP contribution in [0.3, 0.4) is 0 Å². The number of anilines is 1. The fraction of sp³-hybridized carbons (Fsp3) is 0.727. The summed E-state index contributed by atoms with van der Waals surface area (Å²) in [4.78, 5) is 12.4. The first-order valence-electron chi connectivity index (χ1n) is 13.8. The van der Waals surface area contributed by atoms with E-state index in [0.717, 1.165) is 6.34 Å². The van der Waals surface area contributed by atoms with Crippen molar-refractivity contribution >= 4 is 69.6 Å². The highest BCUT2D eigenvalue weighted by atomic mass is 32.7. The summed E-state index contributed by atoms with van der Waals surface area (Å²) < 4.78 is 59.4. The number of imidazole rings is 1. The second-order valence-corrected chi connectivity index (χ2v) is 23.4. The molecule has 3 aliphatic heterocycles. The van der Waals surface area contributed by atoms with Gasteiger partial charge in [0.15, 0.2) is 32.2 Å². The molecule has 5 rings (SSSR count). The lowest BCUT2D eigenvalue weighted by Gasteiger charge is -2.41. The molecule has 10 atom stereocenters. The molecule has 3 fully saturated rings. The highest BCUT2D eigenvalue weighted by Gasteiger charge is 2.54. The topological polar surface area (TPSA) is 230 Å². The van der Waals surface area contributed by atoms with Crippen molar-refractivity contribution < 1.29 is 37.2 Å². The van der Waals surface area contributed by atoms with Crippen LogP contribution in [0.25, 0.3) is 11.2 Å². The summed E-state index contributed by atoms with van der Waals surface area (Å²) in [7, 11) is -2.43. The van der Waals surface area contributed by atoms with Crippen LogP contribution in [0.1, 0.15) is 27.0 Å². The van der Waals surface area contributed by atoms with E-state index in [1.807, 2.05) is 0 Å². The van der Waals surface area contributed by atoms with Crippen LogP contribution in [-0.4, -0.2) is 95.2 Å². The van der Waals surface area contributed by atoms with Gasteiger partial charge < -0.3 is 39.1 Å². The number of nitrogens with two attached hydrogens (primary N) is 1. The van der Waals surface area contributed by atoms with E-state index in [-0.39, 0.29) is 24.1 Å². The lowest BCUT2D eigenvalue weighted by atomic mass is 10.1. The van der Waals surface area contributed by atoms with E-state index >= 15 is 0 Å². The average molecular weight is 712 g/mol. The molecule has 2 aromatic heterocycles. The summed E-state index contributed by atoms with van der Waals surface area (Å²) in [6.45, 7) is 1.89. The largest absolute Gasteiger partial charge is 0.408 e. The minimum atomic E-state index is -3.92. The standard InChI is InChI=1S/C22H39N9O8P2S2Si/c1-22(2,3)44(4,5)39-17-14-12(37-20(17)25-8-23)7-36-40(33,42)29-13-11(6-35-41(34,43)30-14)38-21(16(13)32)31-10-28-15-18(24)26-9-27-19(15)31/h8-14,16-17,20-21,32H,6-7H2,1-5H3,(H2,23,25)(H2,24,26,27)(H2,29,33,42)(H2,30,34,43)/t11-,12-,13-,14-,16-,17?,20-,21-,40?,41?/m1/s1. The first-order chi connectivity index (χ1) is 20.4. The van der Waals surface area contributed by atoms with Gasteiger partial charge in [-0.15, -0.1) is 0 Å². The second kappa shape index (κ2) is 12.5. The average Bonchev–Trinajstić information content (AvgIpc) is 3.56. The maximum atomic E-state index is 13.8. The van der Waals surface area contributed by atoms with Gasteiger partial charge in [-0.1, -0.05) is 45.3 Å². The minimum absolute atomic E-state index is 0.145. The molecule has 0 bridgehead atoms. The van der Waals surface area contributed by atoms with Gasteiger partial charge in [-0.05, 0) is 18.1 Å². The third kappa shape index (κ3) is 6.93. The van der Waals surface area contributed by atoms with Gasteiger partial charge in [0.25, 0.3) is 0 Å². The van der Waals surface area contributed by atoms with E-state index in [0.29, 0.717) is 11.2 Å². The van der Waals surface area contributed by atoms with Crippen LogP contribution in [0.2, 0.25) is 18.1 Å². The summed E-state index contributed by atoms with van der Waals surface area (Å²) in [6, 6.07) is -1.88. The number of aliphatic hydroxyl groups excluding tert-OH is 1. The number of rotatable bonds is 5. The van der Waals surface area contributed by atoms with Crippen molar-refractivity contribution in [3.05, 3.63) is 12.7 Å². The number of thiol groups is 2. The number of hydrogen-bond acceptors (Lipinski definition) is 13. The minimum Gasteiger partial charge on any atom is -0.408 e. The van der Waals surface area contributed by atoms with Crippen LogP contribution in [0.4, 0.5) is 5.82 Å². The van der Waals surface area contributed by atoms with Crippen molar-refractivity contribution in [3.63, 3.8) is 0 Å². The number of fused-ring (bicyclic) bond motifs is 3. The molecule has 3 aliphatic rings. The molecule has 0 radical (unpaired) electrons. The first-order valence-corrected chi connectivity index (χ1v) is 22.2. The van der Waals surface area contributed by atoms with Gasteiger partial charge >= 0.3 is 13.4 Å². The molecule has 0 aliphatic carbocycles. The van der Waals surface area contributed by atoms with Crippen LogP contribution in [0.5, 0.6) is 0 Å². The summed E-state index contributed by atoms with van der Waals surface area (Å²) in [6.07, 6.45) is -2.25. The predicted octanol–water partition coefficient (Wildman–Crippen LogP) is 2.02. The number of hydrogen-bond donors (Lipinski definition) is 8. The molecule has 0 saturated carbocycles. The molecule has 17 nitrogen and oxygen atoms in total. The van der Waals surface area contributed by atoms with Gasteiger partial charge in [0, 0.05) is 0 Å². The van der Waals surface area contributed by atoms with Crippen LogP contribution in [-0.2, 0) is 32.1 Å². The molecule has 2 aromatic rings. The number of nitrogens with zero attached hydrogens (tertiary/aromatic N) is 4. The van der Waals surface area contributed by atoms with E-state index < -0.39 is 70.7 Å². The second-order valence-electron chi connectivity index (χ2n) is 12.3. The van der Waals surface area contributed by atoms with Gasteiger partial charge in [0.05, 0.1) is 38.0 Å². The van der Waals surface area contributed by atoms with E-state index in [1.165, 1.54) is 17.2 Å². The van der Waals surface area contributed by atoms with Crippen molar-refractivity contribution in [1.82, 2.24) is 35.0 Å². The number of nitrogen functional groups attached to an aromatic ring is 1. The Balaban J connectivity index is 1.44. The molecule has 0 amide bonds. The highest BCUT2D eigenvalue weighted by molar-refractivity contribution is 8.45. The molecule has 3 unspecified atom stereocenters. The van der Waals surface area contributed by atoms with Gasteiger partial charge in [-0.25, -0.2) is 25.1 Å². The smallest absolute Gasteiger partial charge is 0.324 e. The van der Waals surface area contributed by atoms with Crippen LogP contribution in [0, 0.1) is 5.41 Å². The Hall–Kier alpha value is -1.12. The molecule has 0 spiro atoms. The van der Waals surface area contributed by atoms with Crippen molar-refractivity contribution in [2.45, 2.75) is 87.9 Å². The van der Waals surface area contributed by atoms with Gasteiger partial charge in [0.2, 0.25) is 0 Å². The summed E-state index contributed by atoms with van der Waals surface area (Å²) in [5.41, 5.74) is 6.53. The lowest BCUT2D eigenvalue weighted by molar-refractivity contribution is -0.0456. The highest BCUT2D eigenvalue weighted by Crippen LogP contribution is 2.54. The predicted molar refractivity (Wildman–Crippen MR) is 171 cm³/mol. The van der Waals surface area contributed by atoms with Gasteiger partial charge in [-0.3, -0.25) is 19.1 Å². The molecule has 44 heavy (non-hydrogen) atoms. The fourth-order valence-electron chi connectivity index (χ4n) is 5.05. The molecule has 3 saturated heterocycles. The van der Waals surface area contributed by atoms with Crippen molar-refractivity contribution in [2.75, 3.05) is 18.9 Å². The van der Waals surface area contributed by atoms with Gasteiger partial charge in [-0.2, -0.15) is 0 Å². The zero-order chi connectivity index (χ0) is 32.2. The van der Waals surface area contributed by atoms with Gasteiger partial charge in [0.1, 0.15) is 36.3 Å². The molecule has 0 aromatic carbocycles. The number of nitrogens with one attached hydrogen (secondary N) is 4. The Morgan fingerprint density at radius 2 is 1.75 bits per heavy atom. The quantitative estimate of drug-likeness (QED) is 0.0729. The van der Waals surface area contributed by atoms with Crippen LogP contribution >= 0.6 is 37.9 Å². The number of ether oxygens (including phenoxy) is 2. The van der Waals surface area contributed by atoms with Crippen LogP contribution in [0.15, 0.2) is 12.7 Å². The molecule has 5 heterocycles. The Morgan fingerprint density at radius 3 is 2.36 bits per heavy atom. The van der Waals surface area contributed by atoms with E-state index in [4.69, 9.17) is 34.1 Å². The Labute approximate surface area is 266 Å². The summed E-state index contributed by atoms with van der Waals surface area (Å²) in [5, 5.41) is 27.3. The molecule has 246 valence electrons. The maximum Gasteiger partial charge on any atom is 0.324 e. The first kappa shape index (κ1) is 34.2. The molecular formula is C22H39N9O8P2S2Si. The Kier molecular flexibility index (Phi) is 9.71. The van der Waals surface area contributed by atoms with E-state index in [9.17, 15) is 14.2 Å². The zero-order valence-electron chi connectivity index (χ0n) is 24.7. The third-order valence-corrected chi connectivity index (χ3v) is 16.5. The third-order valence-electron chi connectivity index (χ3n) is 8.35. The van der Waals surface area contributed by atoms with Crippen molar-refractivity contribution in [3.8, 4) is 0 Å². The van der Waals surface area contributed by atoms with Crippen molar-refractivity contribution in [1.29, 1.82) is 5.41 Å². The van der Waals surface area contributed by atoms with Crippen molar-refractivity contribution in [2.24, 2.45) is 0 Å². The molecular weight excluding hydrogens is 672 g/mol. The maximum absolute atomic E-state index is 13.8. The molecule has 7 N–H and O–H groups in total. The SMILES string of the molecule is CC(C)(C)[Si](C)(C)OC1[C@H](NC=N)O[C@@H]2COP(=O)(S)N[C@H]3[C@@H](O)[C@H](n4cnc5c(N)ncnc54)O[C@@H]3COP(=O)(S)N[C@@H]12. The molecule has 22 heteroatoms. The lowest BCUT2D eigenvalue weighted by Crippen LogP contribution is -2.55. The summed E-state index contributed by atoms with van der Waals surface area (Å²) in [5.74, 6) is 0.145.